The number of hydrogen-bond acceptors (Lipinski definition) is 3. The summed E-state index contributed by atoms with van der Waals surface area (Å²) < 4.78 is 4.71. The highest BCUT2D eigenvalue weighted by Crippen LogP contribution is 2.45. The molecule has 0 aromatic carbocycles. The second-order valence-electron chi connectivity index (χ2n) is 4.47. The average molecular weight is 192 g/mol. The lowest BCUT2D eigenvalue weighted by Crippen LogP contribution is -2.23. The molecule has 0 aromatic rings. The Kier molecular flexibility index (Phi) is 1.58. The van der Waals surface area contributed by atoms with Gasteiger partial charge < -0.3 is 4.74 Å². The molecule has 3 atom stereocenters. The van der Waals surface area contributed by atoms with Crippen LogP contribution >= 0.6 is 0 Å². The van der Waals surface area contributed by atoms with Gasteiger partial charge in [-0.25, -0.2) is 0 Å². The number of allylic oxidation sites excluding steroid dienone is 2. The number of carbonyl (C=O) groups excluding carboxylic acids is 2. The van der Waals surface area contributed by atoms with Gasteiger partial charge in [0.15, 0.2) is 0 Å². The minimum absolute atomic E-state index is 0.140. The molecule has 3 heteroatoms. The van der Waals surface area contributed by atoms with Crippen LogP contribution < -0.4 is 0 Å². The molecule has 1 heterocycles. The first kappa shape index (κ1) is 8.21. The zero-order valence-electron chi connectivity index (χ0n) is 7.86. The van der Waals surface area contributed by atoms with Gasteiger partial charge in [0, 0.05) is 0 Å². The maximum atomic E-state index is 11.5. The molecule has 2 fully saturated rings. The Morgan fingerprint density at radius 3 is 2.86 bits per heavy atom. The number of carbonyl (C=O) groups is 2. The third-order valence-electron chi connectivity index (χ3n) is 3.75. The summed E-state index contributed by atoms with van der Waals surface area (Å²) in [6.07, 6.45) is 6.05. The summed E-state index contributed by atoms with van der Waals surface area (Å²) in [6, 6.07) is 0. The van der Waals surface area contributed by atoms with Crippen LogP contribution in [-0.2, 0) is 14.3 Å². The maximum absolute atomic E-state index is 11.5. The first-order chi connectivity index (χ1) is 6.75. The van der Waals surface area contributed by atoms with Gasteiger partial charge in [0.1, 0.15) is 0 Å². The average Bonchev–Trinajstić information content (AvgIpc) is 2.40. The zero-order valence-corrected chi connectivity index (χ0v) is 7.86. The van der Waals surface area contributed by atoms with E-state index in [2.05, 4.69) is 6.08 Å². The van der Waals surface area contributed by atoms with Crippen LogP contribution in [0.5, 0.6) is 0 Å². The SMILES string of the molecule is O=C1OC(=O)C2C3CC=C(CC3)CC12. The Hall–Kier alpha value is -1.12. The third-order valence-corrected chi connectivity index (χ3v) is 3.75. The van der Waals surface area contributed by atoms with Crippen molar-refractivity contribution in [3.8, 4) is 0 Å². The van der Waals surface area contributed by atoms with Crippen LogP contribution in [0, 0.1) is 17.8 Å². The lowest BCUT2D eigenvalue weighted by molar-refractivity contribution is -0.154. The lowest BCUT2D eigenvalue weighted by atomic mass is 9.81. The van der Waals surface area contributed by atoms with E-state index in [4.69, 9.17) is 4.74 Å². The second kappa shape index (κ2) is 2.69. The lowest BCUT2D eigenvalue weighted by Gasteiger charge is -2.20. The van der Waals surface area contributed by atoms with Crippen molar-refractivity contribution in [1.82, 2.24) is 0 Å². The summed E-state index contributed by atoms with van der Waals surface area (Å²) in [5.74, 6) is -0.519. The Morgan fingerprint density at radius 1 is 1.29 bits per heavy atom. The van der Waals surface area contributed by atoms with Gasteiger partial charge in [-0.05, 0) is 31.6 Å². The molecule has 0 spiro atoms. The fourth-order valence-electron chi connectivity index (χ4n) is 2.99. The van der Waals surface area contributed by atoms with E-state index in [-0.39, 0.29) is 23.8 Å². The molecule has 0 radical (unpaired) electrons. The van der Waals surface area contributed by atoms with E-state index in [1.54, 1.807) is 0 Å². The van der Waals surface area contributed by atoms with Gasteiger partial charge in [-0.2, -0.15) is 0 Å². The number of fused-ring (bicyclic) bond motifs is 2. The molecule has 0 amide bonds. The summed E-state index contributed by atoms with van der Waals surface area (Å²) in [4.78, 5) is 22.9. The predicted molar refractivity (Wildman–Crippen MR) is 48.1 cm³/mol. The van der Waals surface area contributed by atoms with E-state index in [0.717, 1.165) is 25.7 Å². The van der Waals surface area contributed by atoms with Gasteiger partial charge in [-0.3, -0.25) is 9.59 Å². The number of rotatable bonds is 0. The van der Waals surface area contributed by atoms with Crippen molar-refractivity contribution in [2.45, 2.75) is 25.7 Å². The standard InChI is InChI=1S/C11H12O3/c12-10-8-5-6-1-3-7(4-2-6)9(8)11(13)14-10/h1,7-9H,2-5H2. The molecule has 2 bridgehead atoms. The molecule has 0 aromatic heterocycles. The van der Waals surface area contributed by atoms with Crippen molar-refractivity contribution in [1.29, 1.82) is 0 Å². The summed E-state index contributed by atoms with van der Waals surface area (Å²) in [5, 5.41) is 0. The molecule has 4 rings (SSSR count). The zero-order chi connectivity index (χ0) is 9.71. The summed E-state index contributed by atoms with van der Waals surface area (Å²) in [5.41, 5.74) is 1.35. The molecule has 1 aliphatic heterocycles. The van der Waals surface area contributed by atoms with E-state index >= 15 is 0 Å². The molecule has 14 heavy (non-hydrogen) atoms. The maximum Gasteiger partial charge on any atom is 0.317 e. The fraction of sp³-hybridized carbons (Fsp3) is 0.636. The Bertz CT molecular complexity index is 342. The first-order valence-corrected chi connectivity index (χ1v) is 5.19. The Morgan fingerprint density at radius 2 is 2.14 bits per heavy atom. The topological polar surface area (TPSA) is 43.4 Å². The number of cyclic esters (lactones) is 2. The van der Waals surface area contributed by atoms with Gasteiger partial charge >= 0.3 is 11.9 Å². The molecular weight excluding hydrogens is 180 g/mol. The van der Waals surface area contributed by atoms with E-state index in [1.165, 1.54) is 5.57 Å². The highest BCUT2D eigenvalue weighted by Gasteiger charge is 2.50. The Labute approximate surface area is 82.1 Å². The van der Waals surface area contributed by atoms with E-state index in [9.17, 15) is 9.59 Å². The summed E-state index contributed by atoms with van der Waals surface area (Å²) >= 11 is 0. The largest absolute Gasteiger partial charge is 0.393 e. The molecule has 4 aliphatic rings. The molecular formula is C11H12O3. The second-order valence-corrected chi connectivity index (χ2v) is 4.47. The van der Waals surface area contributed by atoms with Gasteiger partial charge in [0.25, 0.3) is 0 Å². The van der Waals surface area contributed by atoms with Crippen LogP contribution in [0.1, 0.15) is 25.7 Å². The summed E-state index contributed by atoms with van der Waals surface area (Å²) in [6.45, 7) is 0. The number of ether oxygens (including phenoxy) is 1. The molecule has 3 aliphatic carbocycles. The minimum atomic E-state index is -0.292. The van der Waals surface area contributed by atoms with E-state index in [1.807, 2.05) is 0 Å². The van der Waals surface area contributed by atoms with E-state index < -0.39 is 0 Å². The minimum Gasteiger partial charge on any atom is -0.393 e. The van der Waals surface area contributed by atoms with Crippen LogP contribution in [0.4, 0.5) is 0 Å². The predicted octanol–water partition coefficient (Wildman–Crippen LogP) is 1.43. The van der Waals surface area contributed by atoms with E-state index in [0.29, 0.717) is 5.92 Å². The molecule has 74 valence electrons. The Balaban J connectivity index is 2.01. The van der Waals surface area contributed by atoms with Gasteiger partial charge in [0.2, 0.25) is 0 Å². The van der Waals surface area contributed by atoms with Gasteiger partial charge in [0.05, 0.1) is 11.8 Å². The van der Waals surface area contributed by atoms with Gasteiger partial charge in [-0.15, -0.1) is 0 Å². The van der Waals surface area contributed by atoms with Crippen molar-refractivity contribution in [3.05, 3.63) is 11.6 Å². The highest BCUT2D eigenvalue weighted by atomic mass is 16.6. The molecule has 3 nitrogen and oxygen atoms in total. The van der Waals surface area contributed by atoms with Crippen molar-refractivity contribution >= 4 is 11.9 Å². The van der Waals surface area contributed by atoms with Crippen molar-refractivity contribution in [2.24, 2.45) is 17.8 Å². The van der Waals surface area contributed by atoms with Crippen LogP contribution in [0.25, 0.3) is 0 Å². The number of hydrogen-bond donors (Lipinski definition) is 0. The third kappa shape index (κ3) is 0.982. The monoisotopic (exact) mass is 192 g/mol. The van der Waals surface area contributed by atoms with Crippen molar-refractivity contribution in [2.75, 3.05) is 0 Å². The van der Waals surface area contributed by atoms with Crippen LogP contribution in [0.15, 0.2) is 11.6 Å². The van der Waals surface area contributed by atoms with Crippen molar-refractivity contribution in [3.63, 3.8) is 0 Å². The molecule has 0 N–H and O–H groups in total. The van der Waals surface area contributed by atoms with Crippen LogP contribution in [0.3, 0.4) is 0 Å². The normalized spacial score (nSPS) is 40.3. The highest BCUT2D eigenvalue weighted by molar-refractivity contribution is 5.97. The smallest absolute Gasteiger partial charge is 0.317 e. The van der Waals surface area contributed by atoms with Crippen LogP contribution in [-0.4, -0.2) is 11.9 Å². The summed E-state index contributed by atoms with van der Waals surface area (Å²) in [7, 11) is 0. The van der Waals surface area contributed by atoms with Crippen molar-refractivity contribution < 1.29 is 14.3 Å². The molecule has 3 unspecified atom stereocenters. The quantitative estimate of drug-likeness (QED) is 0.331. The first-order valence-electron chi connectivity index (χ1n) is 5.19. The fourth-order valence-corrected chi connectivity index (χ4v) is 2.99. The molecule has 1 saturated heterocycles. The number of esters is 2. The molecule has 1 saturated carbocycles. The van der Waals surface area contributed by atoms with Gasteiger partial charge in [-0.1, -0.05) is 11.6 Å². The van der Waals surface area contributed by atoms with Crippen LogP contribution in [0.2, 0.25) is 0 Å².